The van der Waals surface area contributed by atoms with Gasteiger partial charge in [0.15, 0.2) is 17.5 Å². The normalized spacial score (nSPS) is 10.6. The number of halogens is 3. The summed E-state index contributed by atoms with van der Waals surface area (Å²) in [4.78, 5) is 20.1. The number of rotatable bonds is 4. The van der Waals surface area contributed by atoms with Crippen molar-refractivity contribution in [3.63, 3.8) is 0 Å². The molecule has 0 aliphatic heterocycles. The smallest absolute Gasteiger partial charge is 0.258 e. The van der Waals surface area contributed by atoms with Crippen LogP contribution >= 0.6 is 0 Å². The van der Waals surface area contributed by atoms with E-state index in [4.69, 9.17) is 0 Å². The summed E-state index contributed by atoms with van der Waals surface area (Å²) in [6.07, 6.45) is 2.49. The minimum absolute atomic E-state index is 0.0665. The molecule has 0 unspecified atom stereocenters. The van der Waals surface area contributed by atoms with Gasteiger partial charge >= 0.3 is 0 Å². The van der Waals surface area contributed by atoms with E-state index in [1.807, 2.05) is 32.0 Å². The number of carbonyl (C=O) groups excluding carboxylic acids is 1. The van der Waals surface area contributed by atoms with Crippen LogP contribution in [0.4, 0.5) is 30.5 Å². The van der Waals surface area contributed by atoms with Gasteiger partial charge in [0.1, 0.15) is 0 Å². The van der Waals surface area contributed by atoms with Crippen molar-refractivity contribution in [2.24, 2.45) is 0 Å². The van der Waals surface area contributed by atoms with Gasteiger partial charge in [0.05, 0.1) is 11.3 Å². The Morgan fingerprint density at radius 1 is 0.926 bits per heavy atom. The summed E-state index contributed by atoms with van der Waals surface area (Å²) in [7, 11) is 0. The molecule has 0 radical (unpaired) electrons. The molecule has 0 aliphatic carbocycles. The predicted molar refractivity (Wildman–Crippen MR) is 95.5 cm³/mol. The Morgan fingerprint density at radius 2 is 1.63 bits per heavy atom. The SMILES string of the molecule is Cc1ccc(C)c(NC(=O)c2cnc(Nc3ccc(F)c(F)c3F)nc2)c1. The van der Waals surface area contributed by atoms with E-state index in [-0.39, 0.29) is 17.2 Å². The molecule has 0 spiro atoms. The summed E-state index contributed by atoms with van der Waals surface area (Å²) in [5.41, 5.74) is 2.45. The maximum Gasteiger partial charge on any atom is 0.258 e. The van der Waals surface area contributed by atoms with Gasteiger partial charge in [-0.15, -0.1) is 0 Å². The van der Waals surface area contributed by atoms with Crippen molar-refractivity contribution in [2.45, 2.75) is 13.8 Å². The first-order valence-electron chi connectivity index (χ1n) is 7.96. The van der Waals surface area contributed by atoms with Gasteiger partial charge in [-0.25, -0.2) is 23.1 Å². The first kappa shape index (κ1) is 18.4. The van der Waals surface area contributed by atoms with Crippen LogP contribution in [0.2, 0.25) is 0 Å². The van der Waals surface area contributed by atoms with Crippen LogP contribution in [0.3, 0.4) is 0 Å². The molecular formula is C19H15F3N4O. The van der Waals surface area contributed by atoms with Crippen LogP contribution in [0, 0.1) is 31.3 Å². The number of anilines is 3. The van der Waals surface area contributed by atoms with Gasteiger partial charge < -0.3 is 10.6 Å². The fourth-order valence-corrected chi connectivity index (χ4v) is 2.32. The maximum atomic E-state index is 13.7. The molecule has 8 heteroatoms. The molecule has 0 aliphatic rings. The molecule has 0 bridgehead atoms. The number of amides is 1. The molecule has 0 saturated heterocycles. The summed E-state index contributed by atoms with van der Waals surface area (Å²) < 4.78 is 39.9. The molecule has 1 amide bonds. The number of benzene rings is 2. The molecule has 0 saturated carbocycles. The molecule has 1 aromatic heterocycles. The van der Waals surface area contributed by atoms with Crippen molar-refractivity contribution in [3.05, 3.63) is 76.9 Å². The van der Waals surface area contributed by atoms with E-state index < -0.39 is 23.4 Å². The van der Waals surface area contributed by atoms with E-state index in [0.29, 0.717) is 5.69 Å². The lowest BCUT2D eigenvalue weighted by atomic mass is 10.1. The molecule has 3 aromatic rings. The molecule has 0 fully saturated rings. The fourth-order valence-electron chi connectivity index (χ4n) is 2.32. The molecule has 1 heterocycles. The largest absolute Gasteiger partial charge is 0.322 e. The molecule has 0 atom stereocenters. The molecular weight excluding hydrogens is 357 g/mol. The lowest BCUT2D eigenvalue weighted by Crippen LogP contribution is -2.14. The van der Waals surface area contributed by atoms with E-state index in [9.17, 15) is 18.0 Å². The van der Waals surface area contributed by atoms with Gasteiger partial charge in [-0.1, -0.05) is 12.1 Å². The summed E-state index contributed by atoms with van der Waals surface area (Å²) in [5, 5.41) is 5.21. The number of carbonyl (C=O) groups is 1. The number of hydrogen-bond donors (Lipinski definition) is 2. The Kier molecular flexibility index (Phi) is 5.07. The Bertz CT molecular complexity index is 1010. The number of hydrogen-bond acceptors (Lipinski definition) is 4. The summed E-state index contributed by atoms with van der Waals surface area (Å²) in [6, 6.07) is 7.48. The van der Waals surface area contributed by atoms with Crippen LogP contribution < -0.4 is 10.6 Å². The number of nitrogens with one attached hydrogen (secondary N) is 2. The zero-order valence-electron chi connectivity index (χ0n) is 14.5. The highest BCUT2D eigenvalue weighted by Crippen LogP contribution is 2.22. The highest BCUT2D eigenvalue weighted by Gasteiger charge is 2.15. The van der Waals surface area contributed by atoms with Gasteiger partial charge in [-0.2, -0.15) is 0 Å². The third kappa shape index (κ3) is 4.05. The Morgan fingerprint density at radius 3 is 2.33 bits per heavy atom. The first-order valence-corrected chi connectivity index (χ1v) is 7.96. The Balaban J connectivity index is 1.74. The molecule has 5 nitrogen and oxygen atoms in total. The van der Waals surface area contributed by atoms with Crippen molar-refractivity contribution in [1.82, 2.24) is 9.97 Å². The second-order valence-electron chi connectivity index (χ2n) is 5.92. The third-order valence-corrected chi connectivity index (χ3v) is 3.84. The summed E-state index contributed by atoms with van der Waals surface area (Å²) in [5.74, 6) is -4.74. The second-order valence-corrected chi connectivity index (χ2v) is 5.92. The minimum Gasteiger partial charge on any atom is -0.322 e. The van der Waals surface area contributed by atoms with Gasteiger partial charge in [-0.3, -0.25) is 4.79 Å². The summed E-state index contributed by atoms with van der Waals surface area (Å²) in [6.45, 7) is 3.78. The van der Waals surface area contributed by atoms with Gasteiger partial charge in [0, 0.05) is 18.1 Å². The van der Waals surface area contributed by atoms with Gasteiger partial charge in [0.25, 0.3) is 5.91 Å². The first-order chi connectivity index (χ1) is 12.8. The van der Waals surface area contributed by atoms with E-state index in [0.717, 1.165) is 23.3 Å². The minimum atomic E-state index is -1.59. The predicted octanol–water partition coefficient (Wildman–Crippen LogP) is 4.51. The van der Waals surface area contributed by atoms with Crippen LogP contribution in [0.15, 0.2) is 42.7 Å². The topological polar surface area (TPSA) is 66.9 Å². The quantitative estimate of drug-likeness (QED) is 0.662. The van der Waals surface area contributed by atoms with Crippen LogP contribution in [0.5, 0.6) is 0 Å². The summed E-state index contributed by atoms with van der Waals surface area (Å²) >= 11 is 0. The lowest BCUT2D eigenvalue weighted by molar-refractivity contribution is 0.102. The van der Waals surface area contributed by atoms with E-state index in [1.165, 1.54) is 12.4 Å². The van der Waals surface area contributed by atoms with Crippen LogP contribution in [0.25, 0.3) is 0 Å². The molecule has 2 N–H and O–H groups in total. The van der Waals surface area contributed by atoms with Crippen molar-refractivity contribution < 1.29 is 18.0 Å². The second kappa shape index (κ2) is 7.45. The molecule has 3 rings (SSSR count). The monoisotopic (exact) mass is 372 g/mol. The average molecular weight is 372 g/mol. The number of aromatic nitrogens is 2. The van der Waals surface area contributed by atoms with Crippen molar-refractivity contribution >= 4 is 23.2 Å². The highest BCUT2D eigenvalue weighted by atomic mass is 19.2. The average Bonchev–Trinajstić information content (AvgIpc) is 2.65. The lowest BCUT2D eigenvalue weighted by Gasteiger charge is -2.10. The van der Waals surface area contributed by atoms with Gasteiger partial charge in [-0.05, 0) is 43.2 Å². The van der Waals surface area contributed by atoms with Crippen molar-refractivity contribution in [3.8, 4) is 0 Å². The zero-order valence-corrected chi connectivity index (χ0v) is 14.5. The van der Waals surface area contributed by atoms with Crippen LogP contribution in [-0.4, -0.2) is 15.9 Å². The van der Waals surface area contributed by atoms with E-state index in [1.54, 1.807) is 0 Å². The Labute approximate surface area is 153 Å². The maximum absolute atomic E-state index is 13.7. The van der Waals surface area contributed by atoms with Gasteiger partial charge in [0.2, 0.25) is 5.95 Å². The molecule has 138 valence electrons. The molecule has 27 heavy (non-hydrogen) atoms. The third-order valence-electron chi connectivity index (χ3n) is 3.84. The van der Waals surface area contributed by atoms with Crippen molar-refractivity contribution in [2.75, 3.05) is 10.6 Å². The molecule has 2 aromatic carbocycles. The van der Waals surface area contributed by atoms with Crippen LogP contribution in [0.1, 0.15) is 21.5 Å². The highest BCUT2D eigenvalue weighted by molar-refractivity contribution is 6.04. The number of nitrogens with zero attached hydrogens (tertiary/aromatic N) is 2. The number of aryl methyl sites for hydroxylation is 2. The van der Waals surface area contributed by atoms with Crippen LogP contribution in [-0.2, 0) is 0 Å². The fraction of sp³-hybridized carbons (Fsp3) is 0.105. The Hall–Kier alpha value is -3.42. The zero-order chi connectivity index (χ0) is 19.6. The van der Waals surface area contributed by atoms with E-state index in [2.05, 4.69) is 20.6 Å². The standard InChI is InChI=1S/C19H15F3N4O/c1-10-3-4-11(2)15(7-10)25-18(27)12-8-23-19(24-9-12)26-14-6-5-13(20)16(21)17(14)22/h3-9H,1-2H3,(H,25,27)(H,23,24,26). The van der Waals surface area contributed by atoms with E-state index >= 15 is 0 Å². The van der Waals surface area contributed by atoms with Crippen molar-refractivity contribution in [1.29, 1.82) is 0 Å².